The van der Waals surface area contributed by atoms with E-state index in [1.165, 1.54) is 5.56 Å². The molecule has 0 aliphatic rings. The summed E-state index contributed by atoms with van der Waals surface area (Å²) in [5.74, 6) is 1.54. The number of halogens is 2. The molecule has 0 unspecified atom stereocenters. The highest BCUT2D eigenvalue weighted by Gasteiger charge is 1.96. The highest BCUT2D eigenvalue weighted by atomic mass is 79.9. The van der Waals surface area contributed by atoms with Crippen LogP contribution in [-0.4, -0.2) is 19.0 Å². The van der Waals surface area contributed by atoms with Crippen molar-refractivity contribution in [1.29, 1.82) is 0 Å². The summed E-state index contributed by atoms with van der Waals surface area (Å²) in [5, 5.41) is 3.33. The van der Waals surface area contributed by atoms with Gasteiger partial charge in [0.2, 0.25) is 0 Å². The Balaban J connectivity index is 1.71. The molecule has 0 saturated heterocycles. The predicted molar refractivity (Wildman–Crippen MR) is 89.0 cm³/mol. The normalized spacial score (nSPS) is 10.3. The van der Waals surface area contributed by atoms with Gasteiger partial charge < -0.3 is 10.1 Å². The molecule has 4 heteroatoms. The van der Waals surface area contributed by atoms with Crippen molar-refractivity contribution in [2.24, 2.45) is 0 Å². The van der Waals surface area contributed by atoms with Crippen LogP contribution in [0.3, 0.4) is 0 Å². The van der Waals surface area contributed by atoms with Crippen LogP contribution in [0.2, 0.25) is 0 Å². The van der Waals surface area contributed by atoms with Gasteiger partial charge in [-0.2, -0.15) is 0 Å². The average Bonchev–Trinajstić information content (AvgIpc) is 2.47. The Morgan fingerprint density at radius 2 is 1.70 bits per heavy atom. The van der Waals surface area contributed by atoms with Gasteiger partial charge in [0.05, 0.1) is 0 Å². The minimum Gasteiger partial charge on any atom is -0.492 e. The molecule has 2 aromatic carbocycles. The molecule has 2 aromatic rings. The molecule has 0 radical (unpaired) electrons. The molecule has 0 amide bonds. The lowest BCUT2D eigenvalue weighted by Crippen LogP contribution is -2.11. The van der Waals surface area contributed by atoms with Gasteiger partial charge in [-0.05, 0) is 48.4 Å². The molecular weight excluding hydrogens is 338 g/mol. The third-order valence-electron chi connectivity index (χ3n) is 2.85. The van der Waals surface area contributed by atoms with Gasteiger partial charge >= 0.3 is 0 Å². The fourth-order valence-electron chi connectivity index (χ4n) is 1.79. The first-order valence-corrected chi connectivity index (χ1v) is 7.88. The van der Waals surface area contributed by atoms with Gasteiger partial charge in [-0.3, -0.25) is 0 Å². The molecule has 20 heavy (non-hydrogen) atoms. The number of hydrogen-bond donors (Lipinski definition) is 1. The Morgan fingerprint density at radius 1 is 1.00 bits per heavy atom. The summed E-state index contributed by atoms with van der Waals surface area (Å²) in [7, 11) is 0. The van der Waals surface area contributed by atoms with Crippen molar-refractivity contribution in [3.05, 3.63) is 58.6 Å². The van der Waals surface area contributed by atoms with Crippen molar-refractivity contribution in [3.8, 4) is 5.75 Å². The van der Waals surface area contributed by atoms with Gasteiger partial charge in [0, 0.05) is 22.6 Å². The molecule has 0 aliphatic heterocycles. The number of benzene rings is 2. The summed E-state index contributed by atoms with van der Waals surface area (Å²) in [4.78, 5) is 0. The first-order chi connectivity index (χ1) is 9.78. The van der Waals surface area contributed by atoms with E-state index in [4.69, 9.17) is 16.3 Å². The Hall–Kier alpha value is -1.19. The van der Waals surface area contributed by atoms with Crippen molar-refractivity contribution in [3.63, 3.8) is 0 Å². The lowest BCUT2D eigenvalue weighted by atomic mass is 10.1. The maximum absolute atomic E-state index is 5.71. The second-order valence-corrected chi connectivity index (χ2v) is 5.66. The zero-order valence-electron chi connectivity index (χ0n) is 11.1. The molecular formula is C16H17BrClNO. The van der Waals surface area contributed by atoms with E-state index in [1.807, 2.05) is 24.3 Å². The molecule has 0 saturated carbocycles. The number of hydrogen-bond acceptors (Lipinski definition) is 2. The van der Waals surface area contributed by atoms with E-state index >= 15 is 0 Å². The molecule has 0 bridgehead atoms. The maximum atomic E-state index is 5.71. The largest absolute Gasteiger partial charge is 0.492 e. The number of nitrogens with one attached hydrogen (secondary N) is 1. The third-order valence-corrected chi connectivity index (χ3v) is 3.57. The average molecular weight is 355 g/mol. The van der Waals surface area contributed by atoms with E-state index in [-0.39, 0.29) is 0 Å². The highest BCUT2D eigenvalue weighted by molar-refractivity contribution is 9.10. The highest BCUT2D eigenvalue weighted by Crippen LogP contribution is 2.16. The zero-order chi connectivity index (χ0) is 14.2. The molecule has 106 valence electrons. The summed E-state index contributed by atoms with van der Waals surface area (Å²) in [6.45, 7) is 1.40. The standard InChI is InChI=1S/C16H17BrClNO/c17-14-3-7-16(8-4-14)20-12-11-19-15-5-1-13(2-6-15)9-10-18/h1-8,19H,9-12H2. The van der Waals surface area contributed by atoms with Crippen LogP contribution < -0.4 is 10.1 Å². The number of anilines is 1. The minimum absolute atomic E-state index is 0.630. The lowest BCUT2D eigenvalue weighted by molar-refractivity contribution is 0.333. The second-order valence-electron chi connectivity index (χ2n) is 4.37. The Kier molecular flexibility index (Phi) is 6.22. The van der Waals surface area contributed by atoms with Crippen molar-refractivity contribution < 1.29 is 4.74 Å². The molecule has 0 spiro atoms. The first-order valence-electron chi connectivity index (χ1n) is 6.55. The maximum Gasteiger partial charge on any atom is 0.119 e. The smallest absolute Gasteiger partial charge is 0.119 e. The van der Waals surface area contributed by atoms with E-state index in [0.717, 1.165) is 28.9 Å². The Bertz CT molecular complexity index is 513. The van der Waals surface area contributed by atoms with Gasteiger partial charge in [-0.15, -0.1) is 11.6 Å². The summed E-state index contributed by atoms with van der Waals surface area (Å²) < 4.78 is 6.70. The lowest BCUT2D eigenvalue weighted by Gasteiger charge is -2.09. The molecule has 2 rings (SSSR count). The van der Waals surface area contributed by atoms with Crippen LogP contribution in [0.4, 0.5) is 5.69 Å². The monoisotopic (exact) mass is 353 g/mol. The summed E-state index contributed by atoms with van der Waals surface area (Å²) in [6, 6.07) is 16.2. The van der Waals surface area contributed by atoms with Crippen LogP contribution in [0, 0.1) is 0 Å². The van der Waals surface area contributed by atoms with E-state index < -0.39 is 0 Å². The van der Waals surface area contributed by atoms with E-state index in [0.29, 0.717) is 12.5 Å². The second kappa shape index (κ2) is 8.18. The predicted octanol–water partition coefficient (Wildman–Crippen LogP) is 4.72. The van der Waals surface area contributed by atoms with Crippen LogP contribution in [0.5, 0.6) is 5.75 Å². The summed E-state index contributed by atoms with van der Waals surface area (Å²) in [6.07, 6.45) is 0.911. The van der Waals surface area contributed by atoms with Crippen molar-refractivity contribution in [2.75, 3.05) is 24.3 Å². The Labute approximate surface area is 133 Å². The number of aryl methyl sites for hydroxylation is 1. The van der Waals surface area contributed by atoms with E-state index in [2.05, 4.69) is 45.5 Å². The van der Waals surface area contributed by atoms with Crippen LogP contribution in [0.25, 0.3) is 0 Å². The quantitative estimate of drug-likeness (QED) is 0.574. The summed E-state index contributed by atoms with van der Waals surface area (Å²) in [5.41, 5.74) is 2.36. The summed E-state index contributed by atoms with van der Waals surface area (Å²) >= 11 is 9.11. The topological polar surface area (TPSA) is 21.3 Å². The van der Waals surface area contributed by atoms with Crippen LogP contribution >= 0.6 is 27.5 Å². The van der Waals surface area contributed by atoms with Gasteiger partial charge in [0.15, 0.2) is 0 Å². The molecule has 1 N–H and O–H groups in total. The minimum atomic E-state index is 0.630. The van der Waals surface area contributed by atoms with Gasteiger partial charge in [-0.25, -0.2) is 0 Å². The molecule has 0 fully saturated rings. The van der Waals surface area contributed by atoms with E-state index in [9.17, 15) is 0 Å². The zero-order valence-corrected chi connectivity index (χ0v) is 13.5. The van der Waals surface area contributed by atoms with Gasteiger partial charge in [0.1, 0.15) is 12.4 Å². The van der Waals surface area contributed by atoms with Crippen molar-refractivity contribution >= 4 is 33.2 Å². The van der Waals surface area contributed by atoms with Crippen LogP contribution in [-0.2, 0) is 6.42 Å². The Morgan fingerprint density at radius 3 is 2.35 bits per heavy atom. The number of rotatable bonds is 7. The van der Waals surface area contributed by atoms with Crippen molar-refractivity contribution in [1.82, 2.24) is 0 Å². The third kappa shape index (κ3) is 5.06. The molecule has 0 atom stereocenters. The number of alkyl halides is 1. The van der Waals surface area contributed by atoms with Crippen LogP contribution in [0.15, 0.2) is 53.0 Å². The fraction of sp³-hybridized carbons (Fsp3) is 0.250. The fourth-order valence-corrected chi connectivity index (χ4v) is 2.28. The molecule has 0 aliphatic carbocycles. The van der Waals surface area contributed by atoms with Gasteiger partial charge in [0.25, 0.3) is 0 Å². The molecule has 2 nitrogen and oxygen atoms in total. The SMILES string of the molecule is ClCCc1ccc(NCCOc2ccc(Br)cc2)cc1. The number of ether oxygens (including phenoxy) is 1. The van der Waals surface area contributed by atoms with Crippen LogP contribution in [0.1, 0.15) is 5.56 Å². The van der Waals surface area contributed by atoms with Crippen molar-refractivity contribution in [2.45, 2.75) is 6.42 Å². The molecule has 0 heterocycles. The first kappa shape index (κ1) is 15.2. The molecule has 0 aromatic heterocycles. The van der Waals surface area contributed by atoms with Gasteiger partial charge in [-0.1, -0.05) is 28.1 Å². The van der Waals surface area contributed by atoms with E-state index in [1.54, 1.807) is 0 Å².